The third-order valence-electron chi connectivity index (χ3n) is 4.11. The molecule has 0 spiro atoms. The van der Waals surface area contributed by atoms with E-state index in [0.717, 1.165) is 31.9 Å². The van der Waals surface area contributed by atoms with Crippen LogP contribution in [0.2, 0.25) is 0 Å². The van der Waals surface area contributed by atoms with Crippen LogP contribution in [-0.4, -0.2) is 45.5 Å². The van der Waals surface area contributed by atoms with Crippen molar-refractivity contribution in [2.24, 2.45) is 5.41 Å². The second-order valence-corrected chi connectivity index (χ2v) is 6.05. The van der Waals surface area contributed by atoms with Crippen LogP contribution in [0.1, 0.15) is 51.9 Å². The van der Waals surface area contributed by atoms with E-state index in [-0.39, 0.29) is 0 Å². The van der Waals surface area contributed by atoms with Gasteiger partial charge in [0.1, 0.15) is 0 Å². The maximum Gasteiger partial charge on any atom is 0.0701 e. The number of ether oxygens (including phenoxy) is 3. The minimum atomic E-state index is 0.357. The summed E-state index contributed by atoms with van der Waals surface area (Å²) in [7, 11) is 0. The zero-order valence-electron chi connectivity index (χ0n) is 13.0. The number of halogens is 1. The lowest BCUT2D eigenvalue weighted by molar-refractivity contribution is 0.00900. The maximum absolute atomic E-state index is 6.10. The highest BCUT2D eigenvalue weighted by Gasteiger charge is 2.32. The van der Waals surface area contributed by atoms with E-state index in [2.05, 4.69) is 6.92 Å². The second kappa shape index (κ2) is 11.8. The summed E-state index contributed by atoms with van der Waals surface area (Å²) in [5.41, 5.74) is 0.357. The largest absolute Gasteiger partial charge is 0.379 e. The molecule has 4 heteroatoms. The summed E-state index contributed by atoms with van der Waals surface area (Å²) in [6, 6.07) is 0. The van der Waals surface area contributed by atoms with Gasteiger partial charge in [-0.2, -0.15) is 0 Å². The first-order valence-electron chi connectivity index (χ1n) is 8.12. The predicted octanol–water partition coefficient (Wildman–Crippen LogP) is 4.03. The Kier molecular flexibility index (Phi) is 10.7. The normalized spacial score (nSPS) is 17.7. The molecule has 0 heterocycles. The minimum Gasteiger partial charge on any atom is -0.379 e. The highest BCUT2D eigenvalue weighted by atomic mass is 35.5. The van der Waals surface area contributed by atoms with Crippen molar-refractivity contribution in [2.75, 3.05) is 45.5 Å². The van der Waals surface area contributed by atoms with Crippen LogP contribution in [0.15, 0.2) is 0 Å². The SMILES string of the molecule is CCCCOCCOCCOCCC1(CCl)CCCC1. The minimum absolute atomic E-state index is 0.357. The van der Waals surface area contributed by atoms with Gasteiger partial charge in [-0.3, -0.25) is 0 Å². The summed E-state index contributed by atoms with van der Waals surface area (Å²) >= 11 is 6.10. The zero-order valence-corrected chi connectivity index (χ0v) is 13.8. The predicted molar refractivity (Wildman–Crippen MR) is 83.6 cm³/mol. The highest BCUT2D eigenvalue weighted by molar-refractivity contribution is 6.18. The molecule has 1 fully saturated rings. The van der Waals surface area contributed by atoms with Crippen LogP contribution < -0.4 is 0 Å². The van der Waals surface area contributed by atoms with Gasteiger partial charge in [0.25, 0.3) is 0 Å². The smallest absolute Gasteiger partial charge is 0.0701 e. The maximum atomic E-state index is 6.10. The van der Waals surface area contributed by atoms with Crippen LogP contribution >= 0.6 is 11.6 Å². The standard InChI is InChI=1S/C16H31ClO3/c1-2-3-9-18-11-13-20-14-12-19-10-8-16(15-17)6-4-5-7-16/h2-15H2,1H3. The lowest BCUT2D eigenvalue weighted by Gasteiger charge is -2.25. The summed E-state index contributed by atoms with van der Waals surface area (Å²) in [5.74, 6) is 0.780. The van der Waals surface area contributed by atoms with Crippen molar-refractivity contribution in [2.45, 2.75) is 51.9 Å². The van der Waals surface area contributed by atoms with Crippen molar-refractivity contribution < 1.29 is 14.2 Å². The van der Waals surface area contributed by atoms with Crippen molar-refractivity contribution in [3.63, 3.8) is 0 Å². The molecule has 1 aliphatic rings. The third kappa shape index (κ3) is 7.82. The summed E-state index contributed by atoms with van der Waals surface area (Å²) in [5, 5.41) is 0. The summed E-state index contributed by atoms with van der Waals surface area (Å²) in [4.78, 5) is 0. The molecule has 0 unspecified atom stereocenters. The van der Waals surface area contributed by atoms with Crippen LogP contribution in [0, 0.1) is 5.41 Å². The van der Waals surface area contributed by atoms with Crippen molar-refractivity contribution in [3.05, 3.63) is 0 Å². The summed E-state index contributed by atoms with van der Waals surface area (Å²) in [6.45, 7) is 6.50. The number of rotatable bonds is 13. The topological polar surface area (TPSA) is 27.7 Å². The molecule has 0 N–H and O–H groups in total. The number of hydrogen-bond donors (Lipinski definition) is 0. The average Bonchev–Trinajstić information content (AvgIpc) is 2.94. The van der Waals surface area contributed by atoms with Gasteiger partial charge in [0.15, 0.2) is 0 Å². The molecule has 0 atom stereocenters. The second-order valence-electron chi connectivity index (χ2n) is 5.78. The van der Waals surface area contributed by atoms with E-state index < -0.39 is 0 Å². The molecule has 0 aromatic heterocycles. The van der Waals surface area contributed by atoms with E-state index in [0.29, 0.717) is 31.8 Å². The van der Waals surface area contributed by atoms with E-state index >= 15 is 0 Å². The van der Waals surface area contributed by atoms with E-state index in [1.54, 1.807) is 0 Å². The van der Waals surface area contributed by atoms with Crippen LogP contribution in [-0.2, 0) is 14.2 Å². The van der Waals surface area contributed by atoms with Crippen molar-refractivity contribution in [1.82, 2.24) is 0 Å². The number of hydrogen-bond acceptors (Lipinski definition) is 3. The number of unbranched alkanes of at least 4 members (excludes halogenated alkanes) is 1. The lowest BCUT2D eigenvalue weighted by atomic mass is 9.85. The number of alkyl halides is 1. The summed E-state index contributed by atoms with van der Waals surface area (Å²) in [6.07, 6.45) is 8.60. The quantitative estimate of drug-likeness (QED) is 0.380. The van der Waals surface area contributed by atoms with Crippen LogP contribution in [0.3, 0.4) is 0 Å². The Bertz CT molecular complexity index is 218. The molecule has 3 nitrogen and oxygen atoms in total. The van der Waals surface area contributed by atoms with Gasteiger partial charge in [0.05, 0.1) is 26.4 Å². The van der Waals surface area contributed by atoms with E-state index in [1.807, 2.05) is 0 Å². The Balaban J connectivity index is 1.83. The third-order valence-corrected chi connectivity index (χ3v) is 4.68. The van der Waals surface area contributed by atoms with Crippen molar-refractivity contribution >= 4 is 11.6 Å². The zero-order chi connectivity index (χ0) is 14.5. The van der Waals surface area contributed by atoms with Gasteiger partial charge >= 0.3 is 0 Å². The average molecular weight is 307 g/mol. The van der Waals surface area contributed by atoms with Crippen LogP contribution in [0.5, 0.6) is 0 Å². The molecular formula is C16H31ClO3. The Labute approximate surface area is 129 Å². The Morgan fingerprint density at radius 2 is 1.40 bits per heavy atom. The van der Waals surface area contributed by atoms with Crippen molar-refractivity contribution in [1.29, 1.82) is 0 Å². The van der Waals surface area contributed by atoms with E-state index in [9.17, 15) is 0 Å². The molecule has 1 saturated carbocycles. The first-order chi connectivity index (χ1) is 9.83. The van der Waals surface area contributed by atoms with Crippen LogP contribution in [0.4, 0.5) is 0 Å². The Morgan fingerprint density at radius 1 is 0.850 bits per heavy atom. The fraction of sp³-hybridized carbons (Fsp3) is 1.00. The molecule has 0 aromatic rings. The monoisotopic (exact) mass is 306 g/mol. The molecule has 0 aliphatic heterocycles. The van der Waals surface area contributed by atoms with Gasteiger partial charge in [0, 0.05) is 19.1 Å². The van der Waals surface area contributed by atoms with E-state index in [4.69, 9.17) is 25.8 Å². The lowest BCUT2D eigenvalue weighted by Crippen LogP contribution is -2.21. The molecule has 20 heavy (non-hydrogen) atoms. The molecule has 0 saturated heterocycles. The highest BCUT2D eigenvalue weighted by Crippen LogP contribution is 2.41. The Morgan fingerprint density at radius 3 is 1.95 bits per heavy atom. The van der Waals surface area contributed by atoms with Crippen molar-refractivity contribution in [3.8, 4) is 0 Å². The van der Waals surface area contributed by atoms with Gasteiger partial charge in [-0.15, -0.1) is 11.6 Å². The molecule has 0 bridgehead atoms. The van der Waals surface area contributed by atoms with Gasteiger partial charge < -0.3 is 14.2 Å². The summed E-state index contributed by atoms with van der Waals surface area (Å²) < 4.78 is 16.5. The van der Waals surface area contributed by atoms with Crippen LogP contribution in [0.25, 0.3) is 0 Å². The van der Waals surface area contributed by atoms with E-state index in [1.165, 1.54) is 32.1 Å². The molecule has 0 aromatic carbocycles. The van der Waals surface area contributed by atoms with Gasteiger partial charge in [-0.25, -0.2) is 0 Å². The molecule has 0 radical (unpaired) electrons. The fourth-order valence-corrected chi connectivity index (χ4v) is 3.05. The first-order valence-corrected chi connectivity index (χ1v) is 8.66. The molecule has 0 amide bonds. The first kappa shape index (κ1) is 18.2. The molecular weight excluding hydrogens is 276 g/mol. The molecule has 120 valence electrons. The van der Waals surface area contributed by atoms with Gasteiger partial charge in [-0.05, 0) is 31.1 Å². The molecule has 1 rings (SSSR count). The Hall–Kier alpha value is 0.170. The van der Waals surface area contributed by atoms with Gasteiger partial charge in [0.2, 0.25) is 0 Å². The van der Waals surface area contributed by atoms with Gasteiger partial charge in [-0.1, -0.05) is 26.2 Å². The fourth-order valence-electron chi connectivity index (χ4n) is 2.65. The molecule has 1 aliphatic carbocycles.